The Morgan fingerprint density at radius 2 is 2.05 bits per heavy atom. The molecule has 1 aliphatic rings. The smallest absolute Gasteiger partial charge is 0.480 e. The van der Waals surface area contributed by atoms with Crippen LogP contribution in [-0.4, -0.2) is 40.8 Å². The Bertz CT molecular complexity index is 544. The van der Waals surface area contributed by atoms with Crippen LogP contribution in [0, 0.1) is 0 Å². The molecule has 0 unspecified atom stereocenters. The highest BCUT2D eigenvalue weighted by Gasteiger charge is 2.38. The Hall–Kier alpha value is -2.25. The quantitative estimate of drug-likeness (QED) is 0.922. The zero-order valence-corrected chi connectivity index (χ0v) is 10.1. The van der Waals surface area contributed by atoms with E-state index in [9.17, 15) is 22.8 Å². The van der Waals surface area contributed by atoms with E-state index >= 15 is 0 Å². The summed E-state index contributed by atoms with van der Waals surface area (Å²) in [5, 5.41) is 8.84. The van der Waals surface area contributed by atoms with E-state index in [1.807, 2.05) is 0 Å². The van der Waals surface area contributed by atoms with E-state index in [1.54, 1.807) is 0 Å². The second-order valence-electron chi connectivity index (χ2n) is 4.22. The number of amides is 1. The Balaban J connectivity index is 2.15. The van der Waals surface area contributed by atoms with Gasteiger partial charge in [-0.05, 0) is 24.6 Å². The molecule has 1 N–H and O–H groups in total. The summed E-state index contributed by atoms with van der Waals surface area (Å²) < 4.78 is 40.0. The third kappa shape index (κ3) is 3.01. The maximum absolute atomic E-state index is 12.1. The molecule has 0 radical (unpaired) electrons. The van der Waals surface area contributed by atoms with Gasteiger partial charge in [-0.25, -0.2) is 4.79 Å². The SMILES string of the molecule is O=C(O)[C@H]1CCN1C(=O)c1cccc(OC(F)(F)F)c1. The first kappa shape index (κ1) is 14.2. The molecule has 5 nitrogen and oxygen atoms in total. The molecule has 1 aliphatic heterocycles. The highest BCUT2D eigenvalue weighted by atomic mass is 19.4. The number of hydrogen-bond acceptors (Lipinski definition) is 3. The molecule has 20 heavy (non-hydrogen) atoms. The van der Waals surface area contributed by atoms with Crippen LogP contribution in [-0.2, 0) is 4.79 Å². The number of carboxylic acids is 1. The highest BCUT2D eigenvalue weighted by molar-refractivity contribution is 5.97. The molecule has 1 aromatic carbocycles. The van der Waals surface area contributed by atoms with Gasteiger partial charge in [0.25, 0.3) is 5.91 Å². The Morgan fingerprint density at radius 1 is 1.35 bits per heavy atom. The van der Waals surface area contributed by atoms with E-state index in [1.165, 1.54) is 12.1 Å². The van der Waals surface area contributed by atoms with Crippen molar-refractivity contribution in [3.63, 3.8) is 0 Å². The van der Waals surface area contributed by atoms with Crippen molar-refractivity contribution in [2.75, 3.05) is 6.54 Å². The highest BCUT2D eigenvalue weighted by Crippen LogP contribution is 2.26. The number of nitrogens with zero attached hydrogens (tertiary/aromatic N) is 1. The van der Waals surface area contributed by atoms with Gasteiger partial charge in [0, 0.05) is 12.1 Å². The summed E-state index contributed by atoms with van der Waals surface area (Å²) in [6.45, 7) is 0.264. The topological polar surface area (TPSA) is 66.8 Å². The lowest BCUT2D eigenvalue weighted by Gasteiger charge is -2.37. The Labute approximate surface area is 111 Å². The zero-order chi connectivity index (χ0) is 14.9. The van der Waals surface area contributed by atoms with Gasteiger partial charge in [-0.3, -0.25) is 4.79 Å². The van der Waals surface area contributed by atoms with Crippen LogP contribution in [0.4, 0.5) is 13.2 Å². The van der Waals surface area contributed by atoms with Gasteiger partial charge in [-0.1, -0.05) is 6.07 Å². The summed E-state index contributed by atoms with van der Waals surface area (Å²) in [6, 6.07) is 3.63. The number of carbonyl (C=O) groups is 2. The number of aliphatic carboxylic acids is 1. The van der Waals surface area contributed by atoms with Crippen LogP contribution >= 0.6 is 0 Å². The number of benzene rings is 1. The van der Waals surface area contributed by atoms with Gasteiger partial charge < -0.3 is 14.7 Å². The molecule has 0 aromatic heterocycles. The molecule has 1 fully saturated rings. The molecule has 0 saturated carbocycles. The molecule has 0 aliphatic carbocycles. The average molecular weight is 289 g/mol. The lowest BCUT2D eigenvalue weighted by molar-refractivity contribution is -0.274. The van der Waals surface area contributed by atoms with Gasteiger partial charge >= 0.3 is 12.3 Å². The van der Waals surface area contributed by atoms with E-state index in [4.69, 9.17) is 5.11 Å². The lowest BCUT2D eigenvalue weighted by atomic mass is 10.0. The zero-order valence-electron chi connectivity index (χ0n) is 10.1. The van der Waals surface area contributed by atoms with Crippen molar-refractivity contribution in [3.05, 3.63) is 29.8 Å². The molecular formula is C12H10F3NO4. The van der Waals surface area contributed by atoms with Crippen LogP contribution in [0.1, 0.15) is 16.8 Å². The van der Waals surface area contributed by atoms with E-state index in [0.29, 0.717) is 6.42 Å². The average Bonchev–Trinajstić information content (AvgIpc) is 2.24. The minimum Gasteiger partial charge on any atom is -0.480 e. The minimum absolute atomic E-state index is 0.0438. The summed E-state index contributed by atoms with van der Waals surface area (Å²) in [4.78, 5) is 23.9. The molecule has 1 saturated heterocycles. The lowest BCUT2D eigenvalue weighted by Crippen LogP contribution is -2.55. The van der Waals surface area contributed by atoms with Crippen molar-refractivity contribution in [3.8, 4) is 5.75 Å². The number of alkyl halides is 3. The predicted molar refractivity (Wildman–Crippen MR) is 60.2 cm³/mol. The molecule has 1 heterocycles. The summed E-state index contributed by atoms with van der Waals surface area (Å²) in [7, 11) is 0. The fourth-order valence-electron chi connectivity index (χ4n) is 1.88. The molecule has 2 rings (SSSR count). The number of halogens is 3. The van der Waals surface area contributed by atoms with E-state index in [0.717, 1.165) is 17.0 Å². The molecule has 8 heteroatoms. The third-order valence-electron chi connectivity index (χ3n) is 2.88. The summed E-state index contributed by atoms with van der Waals surface area (Å²) in [5.74, 6) is -2.28. The molecule has 1 atom stereocenters. The fourth-order valence-corrected chi connectivity index (χ4v) is 1.88. The number of carboxylic acid groups (broad SMARTS) is 1. The maximum Gasteiger partial charge on any atom is 0.573 e. The molecule has 0 bridgehead atoms. The summed E-state index contributed by atoms with van der Waals surface area (Å²) >= 11 is 0. The van der Waals surface area contributed by atoms with Crippen LogP contribution in [0.25, 0.3) is 0 Å². The minimum atomic E-state index is -4.85. The Kier molecular flexibility index (Phi) is 3.56. The first-order chi connectivity index (χ1) is 9.28. The van der Waals surface area contributed by atoms with Crippen LogP contribution in [0.3, 0.4) is 0 Å². The number of hydrogen-bond donors (Lipinski definition) is 1. The second kappa shape index (κ2) is 5.03. The second-order valence-corrected chi connectivity index (χ2v) is 4.22. The van der Waals surface area contributed by atoms with Crippen LogP contribution in [0.2, 0.25) is 0 Å². The van der Waals surface area contributed by atoms with Crippen molar-refractivity contribution in [1.29, 1.82) is 0 Å². The number of carbonyl (C=O) groups excluding carboxylic acids is 1. The predicted octanol–water partition coefficient (Wildman–Crippen LogP) is 1.88. The normalized spacial score (nSPS) is 18.4. The van der Waals surface area contributed by atoms with E-state index in [-0.39, 0.29) is 12.1 Å². The fraction of sp³-hybridized carbons (Fsp3) is 0.333. The van der Waals surface area contributed by atoms with Gasteiger partial charge in [0.05, 0.1) is 0 Å². The standard InChI is InChI=1S/C12H10F3NO4/c13-12(14,15)20-8-3-1-2-7(6-8)10(17)16-5-4-9(16)11(18)19/h1-3,6,9H,4-5H2,(H,18,19)/t9-/m1/s1. The van der Waals surface area contributed by atoms with Crippen molar-refractivity contribution < 1.29 is 32.6 Å². The van der Waals surface area contributed by atoms with Gasteiger partial charge in [0.2, 0.25) is 0 Å². The first-order valence-corrected chi connectivity index (χ1v) is 5.67. The van der Waals surface area contributed by atoms with Gasteiger partial charge in [-0.2, -0.15) is 0 Å². The number of rotatable bonds is 3. The maximum atomic E-state index is 12.1. The van der Waals surface area contributed by atoms with Crippen molar-refractivity contribution in [1.82, 2.24) is 4.90 Å². The Morgan fingerprint density at radius 3 is 2.55 bits per heavy atom. The largest absolute Gasteiger partial charge is 0.573 e. The van der Waals surface area contributed by atoms with Gasteiger partial charge in [0.15, 0.2) is 0 Å². The third-order valence-corrected chi connectivity index (χ3v) is 2.88. The van der Waals surface area contributed by atoms with Crippen LogP contribution < -0.4 is 4.74 Å². The van der Waals surface area contributed by atoms with Crippen LogP contribution in [0.15, 0.2) is 24.3 Å². The van der Waals surface area contributed by atoms with Gasteiger partial charge in [0.1, 0.15) is 11.8 Å². The monoisotopic (exact) mass is 289 g/mol. The van der Waals surface area contributed by atoms with Crippen LogP contribution in [0.5, 0.6) is 5.75 Å². The van der Waals surface area contributed by atoms with Crippen molar-refractivity contribution in [2.45, 2.75) is 18.8 Å². The van der Waals surface area contributed by atoms with Crippen molar-refractivity contribution in [2.24, 2.45) is 0 Å². The van der Waals surface area contributed by atoms with E-state index in [2.05, 4.69) is 4.74 Å². The first-order valence-electron chi connectivity index (χ1n) is 5.67. The number of likely N-dealkylation sites (tertiary alicyclic amines) is 1. The molecular weight excluding hydrogens is 279 g/mol. The molecule has 1 amide bonds. The molecule has 0 spiro atoms. The number of ether oxygens (including phenoxy) is 1. The van der Waals surface area contributed by atoms with E-state index < -0.39 is 30.0 Å². The summed E-state index contributed by atoms with van der Waals surface area (Å²) in [5.41, 5.74) is -0.0438. The molecule has 108 valence electrons. The molecule has 1 aromatic rings. The van der Waals surface area contributed by atoms with Crippen molar-refractivity contribution >= 4 is 11.9 Å². The summed E-state index contributed by atoms with van der Waals surface area (Å²) in [6.07, 6.45) is -4.51. The van der Waals surface area contributed by atoms with Gasteiger partial charge in [-0.15, -0.1) is 13.2 Å².